The van der Waals surface area contributed by atoms with Gasteiger partial charge in [0.25, 0.3) is 15.9 Å². The van der Waals surface area contributed by atoms with Gasteiger partial charge in [0.2, 0.25) is 0 Å². The van der Waals surface area contributed by atoms with E-state index in [1.165, 1.54) is 18.2 Å². The van der Waals surface area contributed by atoms with E-state index in [1.807, 2.05) is 0 Å². The molecule has 2 aromatic carbocycles. The third-order valence-corrected chi connectivity index (χ3v) is 5.96. The minimum absolute atomic E-state index is 0.0544. The molecule has 0 fully saturated rings. The number of hydrogen-bond donors (Lipinski definition) is 2. The summed E-state index contributed by atoms with van der Waals surface area (Å²) in [5.41, 5.74) is 0.427. The van der Waals surface area contributed by atoms with E-state index in [4.69, 9.17) is 16.0 Å². The molecule has 150 valence electrons. The second kappa shape index (κ2) is 8.23. The van der Waals surface area contributed by atoms with E-state index < -0.39 is 26.7 Å². The summed E-state index contributed by atoms with van der Waals surface area (Å²) in [5, 5.41) is 13.0. The Labute approximate surface area is 178 Å². The van der Waals surface area contributed by atoms with Crippen molar-refractivity contribution in [3.63, 3.8) is 0 Å². The Morgan fingerprint density at radius 2 is 1.72 bits per heavy atom. The molecular weight excluding hydrogens is 490 g/mol. The number of hydrogen-bond acceptors (Lipinski definition) is 6. The Morgan fingerprint density at radius 3 is 2.34 bits per heavy atom. The summed E-state index contributed by atoms with van der Waals surface area (Å²) >= 11 is 9.29. The van der Waals surface area contributed by atoms with Gasteiger partial charge < -0.3 is 9.73 Å². The third-order valence-electron chi connectivity index (χ3n) is 3.57. The van der Waals surface area contributed by atoms with Crippen molar-refractivity contribution in [1.82, 2.24) is 0 Å². The number of anilines is 2. The van der Waals surface area contributed by atoms with Gasteiger partial charge in [-0.25, -0.2) is 8.42 Å². The minimum Gasteiger partial charge on any atom is -0.395 e. The topological polar surface area (TPSA) is 132 Å². The molecule has 0 bridgehead atoms. The lowest BCUT2D eigenvalue weighted by Gasteiger charge is -2.11. The molecule has 0 aliphatic carbocycles. The van der Waals surface area contributed by atoms with Crippen LogP contribution in [0.1, 0.15) is 10.6 Å². The number of sulfonamides is 1. The van der Waals surface area contributed by atoms with Crippen LogP contribution in [0, 0.1) is 10.1 Å². The Hall–Kier alpha value is -2.89. The normalized spacial score (nSPS) is 11.1. The number of halogens is 2. The molecule has 0 spiro atoms. The molecular formula is C17H11BrClN3O6S. The van der Waals surface area contributed by atoms with Crippen molar-refractivity contribution in [2.75, 3.05) is 10.0 Å². The average Bonchev–Trinajstić information content (AvgIpc) is 3.15. The van der Waals surface area contributed by atoms with Gasteiger partial charge in [-0.2, -0.15) is 0 Å². The first kappa shape index (κ1) is 20.8. The average molecular weight is 501 g/mol. The predicted molar refractivity (Wildman–Crippen MR) is 110 cm³/mol. The molecule has 0 atom stereocenters. The second-order valence-electron chi connectivity index (χ2n) is 5.61. The molecule has 0 aliphatic heterocycles. The molecule has 29 heavy (non-hydrogen) atoms. The van der Waals surface area contributed by atoms with Gasteiger partial charge in [0.15, 0.2) is 5.76 Å². The molecule has 1 aromatic heterocycles. The van der Waals surface area contributed by atoms with Crippen LogP contribution in [0.3, 0.4) is 0 Å². The Balaban J connectivity index is 1.84. The Morgan fingerprint density at radius 1 is 1.07 bits per heavy atom. The van der Waals surface area contributed by atoms with Crippen molar-refractivity contribution in [2.24, 2.45) is 0 Å². The number of rotatable bonds is 6. The highest BCUT2D eigenvalue weighted by atomic mass is 79.9. The summed E-state index contributed by atoms with van der Waals surface area (Å²) in [4.78, 5) is 21.8. The SMILES string of the molecule is O=C(Nc1ccc(Cl)c(S(=O)(=O)Nc2ccc(Br)cc2)c1)c1ccc([N+](=O)[O-])o1. The number of nitrogens with zero attached hydrogens (tertiary/aromatic N) is 1. The number of amides is 1. The van der Waals surface area contributed by atoms with Gasteiger partial charge in [0, 0.05) is 15.8 Å². The summed E-state index contributed by atoms with van der Waals surface area (Å²) in [6.45, 7) is 0. The van der Waals surface area contributed by atoms with Crippen molar-refractivity contribution < 1.29 is 22.6 Å². The van der Waals surface area contributed by atoms with Crippen molar-refractivity contribution >= 4 is 60.7 Å². The lowest BCUT2D eigenvalue weighted by Crippen LogP contribution is -2.15. The zero-order chi connectivity index (χ0) is 21.2. The van der Waals surface area contributed by atoms with Crippen LogP contribution < -0.4 is 10.0 Å². The van der Waals surface area contributed by atoms with Gasteiger partial charge in [-0.05, 0) is 48.5 Å². The second-order valence-corrected chi connectivity index (χ2v) is 8.58. The molecule has 0 saturated heterocycles. The molecule has 0 saturated carbocycles. The highest BCUT2D eigenvalue weighted by molar-refractivity contribution is 9.10. The zero-order valence-electron chi connectivity index (χ0n) is 14.3. The van der Waals surface area contributed by atoms with Crippen LogP contribution >= 0.6 is 27.5 Å². The molecule has 9 nitrogen and oxygen atoms in total. The van der Waals surface area contributed by atoms with Crippen LogP contribution in [0.25, 0.3) is 0 Å². The van der Waals surface area contributed by atoms with Crippen LogP contribution in [-0.2, 0) is 10.0 Å². The van der Waals surface area contributed by atoms with Crippen LogP contribution in [0.15, 0.2) is 68.4 Å². The molecule has 0 aliphatic rings. The van der Waals surface area contributed by atoms with Crippen LogP contribution in [0.2, 0.25) is 5.02 Å². The first-order chi connectivity index (χ1) is 13.7. The van der Waals surface area contributed by atoms with Crippen molar-refractivity contribution in [2.45, 2.75) is 4.90 Å². The van der Waals surface area contributed by atoms with Gasteiger partial charge >= 0.3 is 5.88 Å². The smallest absolute Gasteiger partial charge is 0.395 e. The maximum Gasteiger partial charge on any atom is 0.433 e. The molecule has 1 amide bonds. The summed E-state index contributed by atoms with van der Waals surface area (Å²) in [5.74, 6) is -1.68. The maximum atomic E-state index is 12.7. The lowest BCUT2D eigenvalue weighted by molar-refractivity contribution is -0.402. The van der Waals surface area contributed by atoms with E-state index in [9.17, 15) is 23.3 Å². The molecule has 2 N–H and O–H groups in total. The summed E-state index contributed by atoms with van der Waals surface area (Å²) in [6, 6.07) is 12.5. The van der Waals surface area contributed by atoms with E-state index in [0.717, 1.165) is 16.6 Å². The highest BCUT2D eigenvalue weighted by Gasteiger charge is 2.21. The number of furan rings is 1. The van der Waals surface area contributed by atoms with Gasteiger partial charge in [-0.3, -0.25) is 19.6 Å². The molecule has 0 unspecified atom stereocenters. The van der Waals surface area contributed by atoms with Crippen molar-refractivity contribution in [1.29, 1.82) is 0 Å². The monoisotopic (exact) mass is 499 g/mol. The first-order valence-electron chi connectivity index (χ1n) is 7.79. The third kappa shape index (κ3) is 4.94. The Bertz CT molecular complexity index is 1190. The largest absolute Gasteiger partial charge is 0.433 e. The standard InChI is InChI=1S/C17H11BrClN3O6S/c18-10-1-3-11(4-2-10)21-29(26,27)15-9-12(5-6-13(15)19)20-17(23)14-7-8-16(28-14)22(24)25/h1-9,21H,(H,20,23). The van der Waals surface area contributed by atoms with E-state index >= 15 is 0 Å². The van der Waals surface area contributed by atoms with Gasteiger partial charge in [-0.1, -0.05) is 27.5 Å². The lowest BCUT2D eigenvalue weighted by atomic mass is 10.3. The fourth-order valence-corrected chi connectivity index (χ4v) is 4.11. The summed E-state index contributed by atoms with van der Waals surface area (Å²) < 4.78 is 33.3. The fraction of sp³-hybridized carbons (Fsp3) is 0. The Kier molecular flexibility index (Phi) is 5.91. The number of nitrogens with one attached hydrogen (secondary N) is 2. The van der Waals surface area contributed by atoms with Crippen molar-refractivity contribution in [3.05, 3.63) is 80.0 Å². The van der Waals surface area contributed by atoms with Crippen LogP contribution in [-0.4, -0.2) is 19.2 Å². The van der Waals surface area contributed by atoms with Crippen LogP contribution in [0.5, 0.6) is 0 Å². The minimum atomic E-state index is -4.05. The first-order valence-corrected chi connectivity index (χ1v) is 10.4. The molecule has 3 aromatic rings. The molecule has 0 radical (unpaired) electrons. The summed E-state index contributed by atoms with van der Waals surface area (Å²) in [6.07, 6.45) is 0. The quantitative estimate of drug-likeness (QED) is 0.374. The van der Waals surface area contributed by atoms with Gasteiger partial charge in [0.1, 0.15) is 9.82 Å². The number of nitro groups is 1. The van der Waals surface area contributed by atoms with E-state index in [-0.39, 0.29) is 21.4 Å². The fourth-order valence-electron chi connectivity index (χ4n) is 2.26. The highest BCUT2D eigenvalue weighted by Crippen LogP contribution is 2.28. The number of carbonyl (C=O) groups excluding carboxylic acids is 1. The zero-order valence-corrected chi connectivity index (χ0v) is 17.4. The maximum absolute atomic E-state index is 12.7. The van der Waals surface area contributed by atoms with E-state index in [0.29, 0.717) is 5.69 Å². The number of carbonyl (C=O) groups is 1. The number of benzene rings is 2. The van der Waals surface area contributed by atoms with E-state index in [1.54, 1.807) is 24.3 Å². The van der Waals surface area contributed by atoms with Crippen LogP contribution in [0.4, 0.5) is 17.3 Å². The van der Waals surface area contributed by atoms with Gasteiger partial charge in [-0.15, -0.1) is 0 Å². The molecule has 12 heteroatoms. The van der Waals surface area contributed by atoms with Gasteiger partial charge in [0.05, 0.1) is 11.1 Å². The van der Waals surface area contributed by atoms with E-state index in [2.05, 4.69) is 26.0 Å². The molecule has 3 rings (SSSR count). The summed E-state index contributed by atoms with van der Waals surface area (Å²) in [7, 11) is -4.05. The van der Waals surface area contributed by atoms with Crippen molar-refractivity contribution in [3.8, 4) is 0 Å². The predicted octanol–water partition coefficient (Wildman–Crippen LogP) is 4.66. The molecule has 1 heterocycles.